The van der Waals surface area contributed by atoms with Crippen LogP contribution in [0.4, 0.5) is 5.69 Å². The molecule has 0 bridgehead atoms. The van der Waals surface area contributed by atoms with E-state index in [0.717, 1.165) is 0 Å². The van der Waals surface area contributed by atoms with Gasteiger partial charge >= 0.3 is 0 Å². The van der Waals surface area contributed by atoms with Gasteiger partial charge in [-0.05, 0) is 18.9 Å². The molecule has 152 valence electrons. The number of hydrogen-bond donors (Lipinski definition) is 1. The smallest absolute Gasteiger partial charge is 0.262 e. The van der Waals surface area contributed by atoms with Crippen LogP contribution in [0.1, 0.15) is 12.8 Å². The second kappa shape index (κ2) is 7.51. The number of amides is 2. The molecule has 1 aromatic carbocycles. The van der Waals surface area contributed by atoms with Gasteiger partial charge in [-0.2, -0.15) is 4.31 Å². The van der Waals surface area contributed by atoms with Gasteiger partial charge in [0.25, 0.3) is 5.91 Å². The van der Waals surface area contributed by atoms with Crippen molar-refractivity contribution in [3.05, 3.63) is 17.2 Å². The standard InChI is InChI=1S/C17H20ClN3O6S/c18-11-8-12-14(27-10-16(22)19-12)9-15(11)28(24,25)21-3-1-2-13(21)17(23)20-4-6-26-7-5-20/h8-9,13H,1-7,10H2,(H,19,22)/t13-/m0/s1. The molecule has 3 aliphatic heterocycles. The fourth-order valence-electron chi connectivity index (χ4n) is 3.67. The van der Waals surface area contributed by atoms with Crippen LogP contribution in [0.3, 0.4) is 0 Å². The van der Waals surface area contributed by atoms with Gasteiger partial charge in [-0.1, -0.05) is 11.6 Å². The molecule has 1 aromatic rings. The lowest BCUT2D eigenvalue weighted by atomic mass is 10.2. The lowest BCUT2D eigenvalue weighted by Gasteiger charge is -2.32. The Balaban J connectivity index is 1.64. The first-order chi connectivity index (χ1) is 13.4. The van der Waals surface area contributed by atoms with Crippen molar-refractivity contribution in [3.8, 4) is 5.75 Å². The molecule has 1 atom stereocenters. The zero-order chi connectivity index (χ0) is 19.9. The number of ether oxygens (including phenoxy) is 2. The summed E-state index contributed by atoms with van der Waals surface area (Å²) in [4.78, 5) is 25.9. The second-order valence-electron chi connectivity index (χ2n) is 6.83. The van der Waals surface area contributed by atoms with E-state index in [1.807, 2.05) is 0 Å². The van der Waals surface area contributed by atoms with Crippen LogP contribution in [0.5, 0.6) is 5.75 Å². The number of fused-ring (bicyclic) bond motifs is 1. The van der Waals surface area contributed by atoms with E-state index < -0.39 is 16.1 Å². The van der Waals surface area contributed by atoms with Gasteiger partial charge in [0.05, 0.1) is 23.9 Å². The topological polar surface area (TPSA) is 105 Å². The zero-order valence-electron chi connectivity index (χ0n) is 15.0. The summed E-state index contributed by atoms with van der Waals surface area (Å²) in [6.45, 7) is 1.85. The minimum atomic E-state index is -4.02. The summed E-state index contributed by atoms with van der Waals surface area (Å²) in [6.07, 6.45) is 1.06. The molecule has 0 radical (unpaired) electrons. The van der Waals surface area contributed by atoms with Crippen LogP contribution in [-0.2, 0) is 24.3 Å². The third kappa shape index (κ3) is 3.45. The predicted molar refractivity (Wildman–Crippen MR) is 99.9 cm³/mol. The third-order valence-electron chi connectivity index (χ3n) is 5.07. The zero-order valence-corrected chi connectivity index (χ0v) is 16.6. The van der Waals surface area contributed by atoms with Gasteiger partial charge in [-0.3, -0.25) is 9.59 Å². The summed E-state index contributed by atoms with van der Waals surface area (Å²) < 4.78 is 38.4. The molecule has 3 aliphatic rings. The van der Waals surface area contributed by atoms with E-state index in [1.165, 1.54) is 16.4 Å². The molecule has 2 amide bonds. The molecule has 0 unspecified atom stereocenters. The molecule has 3 heterocycles. The van der Waals surface area contributed by atoms with Gasteiger partial charge in [-0.15, -0.1) is 0 Å². The molecular formula is C17H20ClN3O6S. The number of hydrogen-bond acceptors (Lipinski definition) is 6. The lowest BCUT2D eigenvalue weighted by Crippen LogP contribution is -2.51. The predicted octanol–water partition coefficient (Wildman–Crippen LogP) is 0.683. The summed E-state index contributed by atoms with van der Waals surface area (Å²) in [5, 5.41) is 2.56. The number of carbonyl (C=O) groups excluding carboxylic acids is 2. The van der Waals surface area contributed by atoms with Crippen molar-refractivity contribution in [1.82, 2.24) is 9.21 Å². The van der Waals surface area contributed by atoms with Crippen LogP contribution < -0.4 is 10.1 Å². The first-order valence-electron chi connectivity index (χ1n) is 9.02. The minimum absolute atomic E-state index is 0.0333. The number of benzene rings is 1. The summed E-state index contributed by atoms with van der Waals surface area (Å²) in [6, 6.07) is 1.91. The molecular weight excluding hydrogens is 410 g/mol. The molecule has 0 aromatic heterocycles. The van der Waals surface area contributed by atoms with Crippen LogP contribution in [0.25, 0.3) is 0 Å². The van der Waals surface area contributed by atoms with Crippen molar-refractivity contribution < 1.29 is 27.5 Å². The largest absolute Gasteiger partial charge is 0.482 e. The summed E-state index contributed by atoms with van der Waals surface area (Å²) >= 11 is 6.22. The Kier molecular flexibility index (Phi) is 5.21. The quantitative estimate of drug-likeness (QED) is 0.757. The Morgan fingerprint density at radius 1 is 1.21 bits per heavy atom. The van der Waals surface area contributed by atoms with E-state index in [0.29, 0.717) is 44.8 Å². The highest BCUT2D eigenvalue weighted by Gasteiger charge is 2.42. The fraction of sp³-hybridized carbons (Fsp3) is 0.529. The molecule has 4 rings (SSSR count). The van der Waals surface area contributed by atoms with Crippen LogP contribution in [-0.4, -0.2) is 74.9 Å². The van der Waals surface area contributed by atoms with Crippen molar-refractivity contribution >= 4 is 39.1 Å². The normalized spacial score (nSPS) is 23.1. The minimum Gasteiger partial charge on any atom is -0.482 e. The van der Waals surface area contributed by atoms with E-state index >= 15 is 0 Å². The summed E-state index contributed by atoms with van der Waals surface area (Å²) in [5.74, 6) is -0.310. The SMILES string of the molecule is O=C1COc2cc(S(=O)(=O)N3CCC[C@H]3C(=O)N3CCOCC3)c(Cl)cc2N1. The van der Waals surface area contributed by atoms with Gasteiger partial charge in [0, 0.05) is 25.7 Å². The van der Waals surface area contributed by atoms with E-state index in [9.17, 15) is 18.0 Å². The summed E-state index contributed by atoms with van der Waals surface area (Å²) in [5.41, 5.74) is 0.322. The van der Waals surface area contributed by atoms with E-state index in [1.54, 1.807) is 4.90 Å². The van der Waals surface area contributed by atoms with E-state index in [-0.39, 0.29) is 40.6 Å². The lowest BCUT2D eigenvalue weighted by molar-refractivity contribution is -0.138. The Morgan fingerprint density at radius 3 is 2.71 bits per heavy atom. The molecule has 2 saturated heterocycles. The highest BCUT2D eigenvalue weighted by molar-refractivity contribution is 7.89. The number of carbonyl (C=O) groups is 2. The summed E-state index contributed by atoms with van der Waals surface area (Å²) in [7, 11) is -4.02. The average molecular weight is 430 g/mol. The molecule has 0 aliphatic carbocycles. The first kappa shape index (κ1) is 19.4. The third-order valence-corrected chi connectivity index (χ3v) is 7.44. The molecule has 0 saturated carbocycles. The Morgan fingerprint density at radius 2 is 1.96 bits per heavy atom. The van der Waals surface area contributed by atoms with Gasteiger partial charge < -0.3 is 19.7 Å². The van der Waals surface area contributed by atoms with Gasteiger partial charge in [0.2, 0.25) is 15.9 Å². The molecule has 0 spiro atoms. The van der Waals surface area contributed by atoms with Crippen LogP contribution in [0.15, 0.2) is 17.0 Å². The number of anilines is 1. The number of morpholine rings is 1. The Bertz CT molecular complexity index is 916. The van der Waals surface area contributed by atoms with Gasteiger partial charge in [0.1, 0.15) is 16.7 Å². The molecule has 1 N–H and O–H groups in total. The molecule has 28 heavy (non-hydrogen) atoms. The van der Waals surface area contributed by atoms with Crippen LogP contribution >= 0.6 is 11.6 Å². The van der Waals surface area contributed by atoms with E-state index in [2.05, 4.69) is 5.32 Å². The average Bonchev–Trinajstić information content (AvgIpc) is 3.18. The maximum Gasteiger partial charge on any atom is 0.262 e. The fourth-order valence-corrected chi connectivity index (χ4v) is 5.84. The number of nitrogens with zero attached hydrogens (tertiary/aromatic N) is 2. The van der Waals surface area contributed by atoms with Gasteiger partial charge in [0.15, 0.2) is 6.61 Å². The highest BCUT2D eigenvalue weighted by Crippen LogP contribution is 2.38. The Hall–Kier alpha value is -1.88. The number of rotatable bonds is 3. The Labute approximate surface area is 167 Å². The van der Waals surface area contributed by atoms with Crippen molar-refractivity contribution in [1.29, 1.82) is 0 Å². The van der Waals surface area contributed by atoms with E-state index in [4.69, 9.17) is 21.1 Å². The second-order valence-corrected chi connectivity index (χ2v) is 9.09. The van der Waals surface area contributed by atoms with Crippen molar-refractivity contribution in [2.24, 2.45) is 0 Å². The molecule has 2 fully saturated rings. The van der Waals surface area contributed by atoms with Crippen molar-refractivity contribution in [2.75, 3.05) is 44.8 Å². The maximum atomic E-state index is 13.3. The van der Waals surface area contributed by atoms with Crippen LogP contribution in [0.2, 0.25) is 5.02 Å². The van der Waals surface area contributed by atoms with Crippen LogP contribution in [0, 0.1) is 0 Å². The maximum absolute atomic E-state index is 13.3. The molecule has 11 heteroatoms. The van der Waals surface area contributed by atoms with Crippen molar-refractivity contribution in [2.45, 2.75) is 23.8 Å². The molecule has 9 nitrogen and oxygen atoms in total. The monoisotopic (exact) mass is 429 g/mol. The number of nitrogens with one attached hydrogen (secondary N) is 1. The number of halogens is 1. The highest BCUT2D eigenvalue weighted by atomic mass is 35.5. The number of sulfonamides is 1. The van der Waals surface area contributed by atoms with Crippen molar-refractivity contribution in [3.63, 3.8) is 0 Å². The van der Waals surface area contributed by atoms with Gasteiger partial charge in [-0.25, -0.2) is 8.42 Å². The first-order valence-corrected chi connectivity index (χ1v) is 10.8.